The maximum Gasteiger partial charge on any atom is 0.246 e. The SMILES string of the molecule is Cc1[nH]ncc1S(=O)(=O)N1CC(O)(C(C)C)C1. The Morgan fingerprint density at radius 3 is 2.53 bits per heavy atom. The van der Waals surface area contributed by atoms with Gasteiger partial charge in [-0.25, -0.2) is 8.42 Å². The van der Waals surface area contributed by atoms with Crippen molar-refractivity contribution in [3.05, 3.63) is 11.9 Å². The fraction of sp³-hybridized carbons (Fsp3) is 0.700. The first kappa shape index (κ1) is 12.5. The van der Waals surface area contributed by atoms with Crippen molar-refractivity contribution < 1.29 is 13.5 Å². The van der Waals surface area contributed by atoms with Crippen LogP contribution in [0.2, 0.25) is 0 Å². The van der Waals surface area contributed by atoms with Crippen LogP contribution in [0.4, 0.5) is 0 Å². The van der Waals surface area contributed by atoms with Crippen LogP contribution in [-0.4, -0.2) is 46.7 Å². The van der Waals surface area contributed by atoms with E-state index in [0.717, 1.165) is 0 Å². The number of β-amino-alcohol motifs (C(OH)–C–C–N with tert-alkyl or cyclic N) is 1. The van der Waals surface area contributed by atoms with Crippen molar-refractivity contribution in [3.63, 3.8) is 0 Å². The van der Waals surface area contributed by atoms with Crippen molar-refractivity contribution in [1.29, 1.82) is 0 Å². The molecule has 0 aromatic carbocycles. The summed E-state index contributed by atoms with van der Waals surface area (Å²) in [5.41, 5.74) is -0.380. The van der Waals surface area contributed by atoms with E-state index >= 15 is 0 Å². The quantitative estimate of drug-likeness (QED) is 0.806. The van der Waals surface area contributed by atoms with E-state index < -0.39 is 15.6 Å². The molecule has 6 nitrogen and oxygen atoms in total. The van der Waals surface area contributed by atoms with Crippen LogP contribution in [0.25, 0.3) is 0 Å². The highest BCUT2D eigenvalue weighted by molar-refractivity contribution is 7.89. The number of H-pyrrole nitrogens is 1. The molecule has 1 aromatic heterocycles. The minimum absolute atomic E-state index is 0.0411. The lowest BCUT2D eigenvalue weighted by molar-refractivity contribution is -0.0932. The molecule has 0 spiro atoms. The van der Waals surface area contributed by atoms with Crippen LogP contribution in [0, 0.1) is 12.8 Å². The van der Waals surface area contributed by atoms with E-state index in [0.29, 0.717) is 5.69 Å². The van der Waals surface area contributed by atoms with E-state index in [1.807, 2.05) is 13.8 Å². The summed E-state index contributed by atoms with van der Waals surface area (Å²) in [6, 6.07) is 0. The molecular formula is C10H17N3O3S. The molecule has 0 amide bonds. The molecule has 1 fully saturated rings. The lowest BCUT2D eigenvalue weighted by Crippen LogP contribution is -2.65. The van der Waals surface area contributed by atoms with Gasteiger partial charge in [-0.05, 0) is 12.8 Å². The average Bonchev–Trinajstić information content (AvgIpc) is 2.59. The topological polar surface area (TPSA) is 86.3 Å². The number of aryl methyl sites for hydroxylation is 1. The molecule has 0 unspecified atom stereocenters. The number of aromatic nitrogens is 2. The van der Waals surface area contributed by atoms with E-state index in [2.05, 4.69) is 10.2 Å². The average molecular weight is 259 g/mol. The number of sulfonamides is 1. The van der Waals surface area contributed by atoms with Crippen molar-refractivity contribution in [3.8, 4) is 0 Å². The number of hydrogen-bond donors (Lipinski definition) is 2. The van der Waals surface area contributed by atoms with Gasteiger partial charge in [-0.1, -0.05) is 13.8 Å². The first-order valence-corrected chi connectivity index (χ1v) is 6.94. The maximum absolute atomic E-state index is 12.2. The van der Waals surface area contributed by atoms with Crippen LogP contribution in [0.3, 0.4) is 0 Å². The highest BCUT2D eigenvalue weighted by atomic mass is 32.2. The van der Waals surface area contributed by atoms with Gasteiger partial charge in [0.2, 0.25) is 10.0 Å². The molecule has 0 bridgehead atoms. The van der Waals surface area contributed by atoms with Gasteiger partial charge in [-0.15, -0.1) is 0 Å². The second kappa shape index (κ2) is 3.79. The molecule has 0 radical (unpaired) electrons. The third-order valence-corrected chi connectivity index (χ3v) is 5.28. The van der Waals surface area contributed by atoms with Crippen LogP contribution >= 0.6 is 0 Å². The minimum Gasteiger partial charge on any atom is -0.387 e. The molecular weight excluding hydrogens is 242 g/mol. The maximum atomic E-state index is 12.2. The molecule has 0 saturated carbocycles. The zero-order chi connectivity index (χ0) is 12.8. The lowest BCUT2D eigenvalue weighted by atomic mass is 9.85. The summed E-state index contributed by atoms with van der Waals surface area (Å²) in [5, 5.41) is 16.4. The van der Waals surface area contributed by atoms with Gasteiger partial charge in [0.25, 0.3) is 0 Å². The summed E-state index contributed by atoms with van der Waals surface area (Å²) < 4.78 is 25.6. The highest BCUT2D eigenvalue weighted by Gasteiger charge is 2.49. The number of nitrogens with zero attached hydrogens (tertiary/aromatic N) is 2. The number of aromatic amines is 1. The third kappa shape index (κ3) is 1.88. The highest BCUT2D eigenvalue weighted by Crippen LogP contribution is 2.33. The summed E-state index contributed by atoms with van der Waals surface area (Å²) in [7, 11) is -3.51. The van der Waals surface area contributed by atoms with Crippen LogP contribution in [-0.2, 0) is 10.0 Å². The Bertz CT molecular complexity index is 515. The van der Waals surface area contributed by atoms with Crippen molar-refractivity contribution in [2.75, 3.05) is 13.1 Å². The Hall–Kier alpha value is -0.920. The van der Waals surface area contributed by atoms with Gasteiger partial charge in [-0.2, -0.15) is 9.40 Å². The largest absolute Gasteiger partial charge is 0.387 e. The van der Waals surface area contributed by atoms with Crippen LogP contribution in [0.5, 0.6) is 0 Å². The molecule has 1 aromatic rings. The van der Waals surface area contributed by atoms with E-state index in [1.165, 1.54) is 10.5 Å². The Kier molecular flexibility index (Phi) is 2.80. The predicted molar refractivity (Wildman–Crippen MR) is 61.9 cm³/mol. The molecule has 0 aliphatic carbocycles. The summed E-state index contributed by atoms with van der Waals surface area (Å²) in [6.07, 6.45) is 1.30. The number of nitrogens with one attached hydrogen (secondary N) is 1. The van der Waals surface area contributed by atoms with Gasteiger partial charge >= 0.3 is 0 Å². The van der Waals surface area contributed by atoms with Gasteiger partial charge in [0.1, 0.15) is 4.90 Å². The normalized spacial score (nSPS) is 20.5. The van der Waals surface area contributed by atoms with Crippen molar-refractivity contribution in [1.82, 2.24) is 14.5 Å². The monoisotopic (exact) mass is 259 g/mol. The molecule has 1 saturated heterocycles. The van der Waals surface area contributed by atoms with Crippen LogP contribution in [0.1, 0.15) is 19.5 Å². The smallest absolute Gasteiger partial charge is 0.246 e. The molecule has 1 aliphatic rings. The molecule has 1 aliphatic heterocycles. The molecule has 96 valence electrons. The van der Waals surface area contributed by atoms with Gasteiger partial charge in [0, 0.05) is 13.1 Å². The summed E-state index contributed by atoms with van der Waals surface area (Å²) in [6.45, 7) is 5.73. The van der Waals surface area contributed by atoms with Crippen LogP contribution < -0.4 is 0 Å². The molecule has 2 N–H and O–H groups in total. The number of hydrogen-bond acceptors (Lipinski definition) is 4. The summed E-state index contributed by atoms with van der Waals surface area (Å²) in [4.78, 5) is 0.184. The minimum atomic E-state index is -3.51. The third-order valence-electron chi connectivity index (χ3n) is 3.38. The standard InChI is InChI=1S/C10H17N3O3S/c1-7(2)10(14)5-13(6-10)17(15,16)9-4-11-12-8(9)3/h4,7,14H,5-6H2,1-3H3,(H,11,12). The Morgan fingerprint density at radius 1 is 1.53 bits per heavy atom. The van der Waals surface area contributed by atoms with Crippen LogP contribution in [0.15, 0.2) is 11.1 Å². The zero-order valence-corrected chi connectivity index (χ0v) is 11.0. The van der Waals surface area contributed by atoms with Crippen molar-refractivity contribution >= 4 is 10.0 Å². The molecule has 2 heterocycles. The van der Waals surface area contributed by atoms with E-state index in [9.17, 15) is 13.5 Å². The second-order valence-electron chi connectivity index (χ2n) is 4.89. The Balaban J connectivity index is 2.20. The fourth-order valence-corrected chi connectivity index (χ4v) is 3.52. The number of aliphatic hydroxyl groups is 1. The van der Waals surface area contributed by atoms with Crippen molar-refractivity contribution in [2.45, 2.75) is 31.3 Å². The summed E-state index contributed by atoms with van der Waals surface area (Å²) in [5.74, 6) is 0.0411. The number of rotatable bonds is 3. The van der Waals surface area contributed by atoms with Gasteiger partial charge in [0.05, 0.1) is 17.5 Å². The van der Waals surface area contributed by atoms with Gasteiger partial charge < -0.3 is 5.11 Å². The van der Waals surface area contributed by atoms with Gasteiger partial charge in [0.15, 0.2) is 0 Å². The predicted octanol–water partition coefficient (Wildman–Crippen LogP) is 0.110. The zero-order valence-electron chi connectivity index (χ0n) is 10.1. The van der Waals surface area contributed by atoms with E-state index in [1.54, 1.807) is 6.92 Å². The van der Waals surface area contributed by atoms with Crippen molar-refractivity contribution in [2.24, 2.45) is 5.92 Å². The lowest BCUT2D eigenvalue weighted by Gasteiger charge is -2.47. The molecule has 0 atom stereocenters. The first-order chi connectivity index (χ1) is 7.77. The fourth-order valence-electron chi connectivity index (χ4n) is 1.84. The van der Waals surface area contributed by atoms with E-state index in [4.69, 9.17) is 0 Å². The Morgan fingerprint density at radius 2 is 2.12 bits per heavy atom. The Labute approximate surface area is 101 Å². The first-order valence-electron chi connectivity index (χ1n) is 5.50. The van der Waals surface area contributed by atoms with E-state index in [-0.39, 0.29) is 23.9 Å². The molecule has 17 heavy (non-hydrogen) atoms. The molecule has 7 heteroatoms. The second-order valence-corrected chi connectivity index (χ2v) is 6.80. The summed E-state index contributed by atoms with van der Waals surface area (Å²) >= 11 is 0. The van der Waals surface area contributed by atoms with Gasteiger partial charge in [-0.3, -0.25) is 5.10 Å². The molecule has 2 rings (SSSR count).